The van der Waals surface area contributed by atoms with Crippen LogP contribution in [-0.2, 0) is 14.4 Å². The van der Waals surface area contributed by atoms with E-state index in [1.54, 1.807) is 6.07 Å². The molecule has 3 aromatic carbocycles. The molecule has 0 radical (unpaired) electrons. The number of nitro groups is 2. The van der Waals surface area contributed by atoms with Crippen molar-refractivity contribution in [3.8, 4) is 0 Å². The van der Waals surface area contributed by atoms with Gasteiger partial charge in [-0.05, 0) is 30.7 Å². The second-order valence-electron chi connectivity index (χ2n) is 8.30. The highest BCUT2D eigenvalue weighted by atomic mass is 16.7. The van der Waals surface area contributed by atoms with Crippen molar-refractivity contribution in [2.75, 3.05) is 9.96 Å². The van der Waals surface area contributed by atoms with Gasteiger partial charge in [0.05, 0.1) is 27.3 Å². The minimum absolute atomic E-state index is 0.157. The number of imide groups is 1. The first-order chi connectivity index (χ1) is 16.8. The monoisotopic (exact) mass is 474 g/mol. The number of amides is 2. The van der Waals surface area contributed by atoms with Crippen LogP contribution in [-0.4, -0.2) is 27.8 Å². The van der Waals surface area contributed by atoms with Crippen LogP contribution in [0.15, 0.2) is 72.8 Å². The van der Waals surface area contributed by atoms with E-state index in [4.69, 9.17) is 4.84 Å². The summed E-state index contributed by atoms with van der Waals surface area (Å²) < 4.78 is 0. The Kier molecular flexibility index (Phi) is 5.25. The minimum Gasteiger partial charge on any atom is -0.273 e. The molecule has 0 N–H and O–H groups in total. The lowest BCUT2D eigenvalue weighted by Crippen LogP contribution is -2.37. The molecule has 0 bridgehead atoms. The molecule has 2 aliphatic rings. The van der Waals surface area contributed by atoms with E-state index in [2.05, 4.69) is 0 Å². The number of carbonyl (C=O) groups excluding carboxylic acids is 2. The maximum Gasteiger partial charge on any atom is 0.271 e. The van der Waals surface area contributed by atoms with Crippen LogP contribution in [0.2, 0.25) is 0 Å². The third-order valence-electron chi connectivity index (χ3n) is 6.15. The summed E-state index contributed by atoms with van der Waals surface area (Å²) in [5, 5.41) is 23.7. The second-order valence-corrected chi connectivity index (χ2v) is 8.30. The molecule has 11 nitrogen and oxygen atoms in total. The highest BCUT2D eigenvalue weighted by molar-refractivity contribution is 6.24. The largest absolute Gasteiger partial charge is 0.273 e. The maximum atomic E-state index is 13.6. The van der Waals surface area contributed by atoms with Gasteiger partial charge in [0.25, 0.3) is 17.3 Å². The summed E-state index contributed by atoms with van der Waals surface area (Å²) in [7, 11) is 0. The Morgan fingerprint density at radius 2 is 1.46 bits per heavy atom. The molecule has 2 amide bonds. The van der Waals surface area contributed by atoms with Gasteiger partial charge in [-0.25, -0.2) is 9.96 Å². The first-order valence-electron chi connectivity index (χ1n) is 10.7. The topological polar surface area (TPSA) is 136 Å². The lowest BCUT2D eigenvalue weighted by atomic mass is 9.90. The van der Waals surface area contributed by atoms with E-state index in [-0.39, 0.29) is 17.1 Å². The molecule has 2 fully saturated rings. The average molecular weight is 474 g/mol. The van der Waals surface area contributed by atoms with E-state index in [9.17, 15) is 29.8 Å². The molecule has 176 valence electrons. The summed E-state index contributed by atoms with van der Waals surface area (Å²) in [5.74, 6) is -2.06. The molecular formula is C24H18N4O7. The molecule has 3 aromatic rings. The van der Waals surface area contributed by atoms with Crippen molar-refractivity contribution in [2.45, 2.75) is 19.1 Å². The van der Waals surface area contributed by atoms with Gasteiger partial charge in [0, 0.05) is 24.3 Å². The molecule has 3 atom stereocenters. The Hall–Kier alpha value is -4.64. The number of rotatable bonds is 5. The predicted molar refractivity (Wildman–Crippen MR) is 123 cm³/mol. The van der Waals surface area contributed by atoms with E-state index < -0.39 is 39.7 Å². The van der Waals surface area contributed by atoms with Crippen LogP contribution in [0.25, 0.3) is 0 Å². The summed E-state index contributed by atoms with van der Waals surface area (Å²) in [6, 6.07) is 17.5. The molecule has 2 aliphatic heterocycles. The number of nitrogens with zero attached hydrogens (tertiary/aromatic N) is 4. The van der Waals surface area contributed by atoms with Gasteiger partial charge in [-0.15, -0.1) is 0 Å². The van der Waals surface area contributed by atoms with Gasteiger partial charge >= 0.3 is 0 Å². The highest BCUT2D eigenvalue weighted by Gasteiger charge is 2.60. The summed E-state index contributed by atoms with van der Waals surface area (Å²) in [5.41, 5.74) is 1.90. The van der Waals surface area contributed by atoms with Crippen LogP contribution in [0.3, 0.4) is 0 Å². The Balaban J connectivity index is 1.56. The van der Waals surface area contributed by atoms with Crippen LogP contribution >= 0.6 is 0 Å². The van der Waals surface area contributed by atoms with Gasteiger partial charge in [0.2, 0.25) is 5.91 Å². The fourth-order valence-corrected chi connectivity index (χ4v) is 4.46. The third kappa shape index (κ3) is 3.67. The number of fused-ring (bicyclic) bond motifs is 1. The molecule has 0 spiro atoms. The molecule has 5 rings (SSSR count). The number of aryl methyl sites for hydroxylation is 1. The van der Waals surface area contributed by atoms with Crippen LogP contribution in [0.5, 0.6) is 0 Å². The summed E-state index contributed by atoms with van der Waals surface area (Å²) in [6.45, 7) is 1.91. The normalized spacial score (nSPS) is 21.3. The van der Waals surface area contributed by atoms with Gasteiger partial charge < -0.3 is 0 Å². The highest BCUT2D eigenvalue weighted by Crippen LogP contribution is 2.48. The number of carbonyl (C=O) groups is 2. The average Bonchev–Trinajstić information content (AvgIpc) is 3.35. The molecular weight excluding hydrogens is 456 g/mol. The predicted octanol–water partition coefficient (Wildman–Crippen LogP) is 3.86. The third-order valence-corrected chi connectivity index (χ3v) is 6.15. The van der Waals surface area contributed by atoms with E-state index >= 15 is 0 Å². The fraction of sp³-hybridized carbons (Fsp3) is 0.167. The zero-order valence-corrected chi connectivity index (χ0v) is 18.3. The number of benzene rings is 3. The number of hydrogen-bond acceptors (Lipinski definition) is 8. The fourth-order valence-electron chi connectivity index (χ4n) is 4.46. The van der Waals surface area contributed by atoms with Gasteiger partial charge in [0.15, 0.2) is 6.10 Å². The Morgan fingerprint density at radius 3 is 2.09 bits per heavy atom. The maximum absolute atomic E-state index is 13.6. The SMILES string of the molecule is Cc1ccc([C@H]2[C@H]3C(=O)N(c4ccc([N+](=O)[O-])cc4)C(=O)[C@H]3ON2c2cccc([N+](=O)[O-])c2)cc1. The van der Waals surface area contributed by atoms with Gasteiger partial charge in [0.1, 0.15) is 5.92 Å². The van der Waals surface area contributed by atoms with E-state index in [0.717, 1.165) is 10.5 Å². The van der Waals surface area contributed by atoms with Crippen LogP contribution in [0, 0.1) is 33.1 Å². The smallest absolute Gasteiger partial charge is 0.271 e. The first-order valence-corrected chi connectivity index (χ1v) is 10.7. The molecule has 0 aromatic heterocycles. The standard InChI is InChI=1S/C24H18N4O7/c1-14-5-7-15(8-6-14)21-20-22(35-26(21)18-3-2-4-19(13-18)28(33)34)24(30)25(23(20)29)16-9-11-17(12-10-16)27(31)32/h2-13,20-22H,1H3/t20-,21+,22+/m1/s1. The van der Waals surface area contributed by atoms with Crippen LogP contribution in [0.4, 0.5) is 22.7 Å². The lowest BCUT2D eigenvalue weighted by Gasteiger charge is -2.28. The molecule has 0 unspecified atom stereocenters. The van der Waals surface area contributed by atoms with Crippen molar-refractivity contribution in [2.24, 2.45) is 5.92 Å². The zero-order valence-electron chi connectivity index (χ0n) is 18.3. The number of hydrogen-bond donors (Lipinski definition) is 0. The van der Waals surface area contributed by atoms with E-state index in [1.807, 2.05) is 31.2 Å². The van der Waals surface area contributed by atoms with Crippen molar-refractivity contribution in [1.29, 1.82) is 0 Å². The van der Waals surface area contributed by atoms with E-state index in [0.29, 0.717) is 11.3 Å². The van der Waals surface area contributed by atoms with Crippen molar-refractivity contribution in [3.63, 3.8) is 0 Å². The van der Waals surface area contributed by atoms with Crippen molar-refractivity contribution < 1.29 is 24.3 Å². The molecule has 0 saturated carbocycles. The van der Waals surface area contributed by atoms with E-state index in [1.165, 1.54) is 47.5 Å². The first kappa shape index (κ1) is 22.2. The van der Waals surface area contributed by atoms with Gasteiger partial charge in [-0.3, -0.25) is 34.7 Å². The molecule has 35 heavy (non-hydrogen) atoms. The van der Waals surface area contributed by atoms with Crippen molar-refractivity contribution in [3.05, 3.63) is 104 Å². The number of nitro benzene ring substituents is 2. The molecule has 2 saturated heterocycles. The lowest BCUT2D eigenvalue weighted by molar-refractivity contribution is -0.385. The van der Waals surface area contributed by atoms with Crippen LogP contribution < -0.4 is 9.96 Å². The Labute approximate surface area is 198 Å². The second kappa shape index (κ2) is 8.29. The molecule has 2 heterocycles. The number of hydroxylamine groups is 1. The molecule has 11 heteroatoms. The molecule has 0 aliphatic carbocycles. The van der Waals surface area contributed by atoms with Crippen molar-refractivity contribution in [1.82, 2.24) is 0 Å². The Morgan fingerprint density at radius 1 is 0.800 bits per heavy atom. The minimum atomic E-state index is -1.16. The summed E-state index contributed by atoms with van der Waals surface area (Å²) in [4.78, 5) is 55.0. The number of non-ortho nitro benzene ring substituents is 2. The van der Waals surface area contributed by atoms with Crippen molar-refractivity contribution >= 4 is 34.6 Å². The van der Waals surface area contributed by atoms with Crippen LogP contribution in [0.1, 0.15) is 17.2 Å². The van der Waals surface area contributed by atoms with Gasteiger partial charge in [-0.1, -0.05) is 35.9 Å². The Bertz CT molecular complexity index is 1360. The van der Waals surface area contributed by atoms with Gasteiger partial charge in [-0.2, -0.15) is 0 Å². The summed E-state index contributed by atoms with van der Waals surface area (Å²) >= 11 is 0. The summed E-state index contributed by atoms with van der Waals surface area (Å²) in [6.07, 6.45) is -1.16. The zero-order chi connectivity index (χ0) is 24.9. The quantitative estimate of drug-likeness (QED) is 0.309. The number of anilines is 2.